The maximum absolute atomic E-state index is 10.4. The van der Waals surface area contributed by atoms with Gasteiger partial charge in [0.25, 0.3) is 20.2 Å². The summed E-state index contributed by atoms with van der Waals surface area (Å²) in [5.74, 6) is -0.907. The molecule has 0 aromatic heterocycles. The minimum atomic E-state index is -4.76. The third-order valence-corrected chi connectivity index (χ3v) is 4.85. The van der Waals surface area contributed by atoms with Crippen LogP contribution in [0.3, 0.4) is 0 Å². The Hall–Kier alpha value is 1.01. The molecule has 0 unspecified atom stereocenters. The molecule has 78 valence electrons. The van der Waals surface area contributed by atoms with Gasteiger partial charge in [0.2, 0.25) is 4.58 Å². The Labute approximate surface area is 108 Å². The van der Waals surface area contributed by atoms with E-state index in [4.69, 9.17) is 9.11 Å². The van der Waals surface area contributed by atoms with Gasteiger partial charge in [-0.25, -0.2) is 0 Å². The van der Waals surface area contributed by atoms with Crippen LogP contribution in [0.1, 0.15) is 13.8 Å². The molecule has 0 spiro atoms. The summed E-state index contributed by atoms with van der Waals surface area (Å²) in [6.45, 7) is 2.51. The quantitative estimate of drug-likeness (QED) is 0.452. The van der Waals surface area contributed by atoms with Crippen LogP contribution in [-0.4, -0.2) is 68.2 Å². The van der Waals surface area contributed by atoms with Crippen LogP contribution in [0.25, 0.3) is 0 Å². The zero-order valence-corrected chi connectivity index (χ0v) is 8.13. The van der Waals surface area contributed by atoms with Gasteiger partial charge >= 0.3 is 37.7 Å². The Morgan fingerprint density at radius 2 is 1.07 bits per heavy atom. The molecular weight excluding hydrogens is 222 g/mol. The van der Waals surface area contributed by atoms with Gasteiger partial charge in [0.1, 0.15) is 0 Å². The zero-order valence-electron chi connectivity index (χ0n) is 6.50. The van der Waals surface area contributed by atoms with Crippen molar-refractivity contribution >= 4 is 58.0 Å². The molecule has 0 aliphatic heterocycles. The van der Waals surface area contributed by atoms with Gasteiger partial charge in [-0.1, -0.05) is 13.8 Å². The summed E-state index contributed by atoms with van der Waals surface area (Å²) in [5.41, 5.74) is 0. The van der Waals surface area contributed by atoms with Gasteiger partial charge in [-0.3, -0.25) is 9.11 Å². The van der Waals surface area contributed by atoms with Crippen molar-refractivity contribution in [3.8, 4) is 0 Å². The van der Waals surface area contributed by atoms with Gasteiger partial charge in [0.15, 0.2) is 0 Å². The average molecular weight is 234 g/mol. The third-order valence-electron chi connectivity index (χ3n) is 1.13. The Morgan fingerprint density at radius 1 is 0.857 bits per heavy atom. The van der Waals surface area contributed by atoms with E-state index in [1.54, 1.807) is 0 Å². The number of hydrogen-bond acceptors (Lipinski definition) is 4. The first-order valence-corrected chi connectivity index (χ1v) is 6.00. The number of rotatable bonds is 3. The van der Waals surface area contributed by atoms with Crippen molar-refractivity contribution in [1.82, 2.24) is 0 Å². The Bertz CT molecular complexity index is 312. The molecule has 0 aromatic rings. The van der Waals surface area contributed by atoms with Crippen LogP contribution in [0.4, 0.5) is 0 Å². The zero-order chi connectivity index (χ0) is 10.2. The minimum absolute atomic E-state index is 0. The first-order valence-electron chi connectivity index (χ1n) is 2.99. The van der Waals surface area contributed by atoms with Gasteiger partial charge in [0, 0.05) is 0 Å². The van der Waals surface area contributed by atoms with Gasteiger partial charge < -0.3 is 0 Å². The molecule has 0 aliphatic carbocycles. The topological polar surface area (TPSA) is 109 Å². The van der Waals surface area contributed by atoms with Crippen molar-refractivity contribution in [1.29, 1.82) is 0 Å². The molecule has 10 heteroatoms. The molecule has 0 atom stereocenters. The second-order valence-corrected chi connectivity index (χ2v) is 6.02. The third kappa shape index (κ3) is 6.49. The van der Waals surface area contributed by atoms with Gasteiger partial charge in [0.05, 0.1) is 0 Å². The molecule has 2 N–H and O–H groups in total. The maximum atomic E-state index is 10.4. The Balaban J connectivity index is -0.000000605. The van der Waals surface area contributed by atoms with E-state index in [0.29, 0.717) is 0 Å². The summed E-state index contributed by atoms with van der Waals surface area (Å²) in [6, 6.07) is 0. The predicted octanol–water partition coefficient (Wildman–Crippen LogP) is -1.55. The van der Waals surface area contributed by atoms with Gasteiger partial charge in [-0.15, -0.1) is 0 Å². The SMILES string of the molecule is CC(C)C(S(=O)(=O)O)S(=O)(=O)O.[LiH].[LiH]. The van der Waals surface area contributed by atoms with Crippen molar-refractivity contribution in [2.75, 3.05) is 0 Å². The van der Waals surface area contributed by atoms with E-state index in [9.17, 15) is 16.8 Å². The Morgan fingerprint density at radius 3 is 1.07 bits per heavy atom. The number of hydrogen-bond donors (Lipinski definition) is 2. The second-order valence-electron chi connectivity index (χ2n) is 2.64. The molecule has 0 bridgehead atoms. The molecule has 0 radical (unpaired) electrons. The molecule has 0 heterocycles. The fourth-order valence-electron chi connectivity index (χ4n) is 0.842. The van der Waals surface area contributed by atoms with E-state index >= 15 is 0 Å². The van der Waals surface area contributed by atoms with E-state index < -0.39 is 30.7 Å². The molecule has 14 heavy (non-hydrogen) atoms. The summed E-state index contributed by atoms with van der Waals surface area (Å²) < 4.78 is 56.4. The summed E-state index contributed by atoms with van der Waals surface area (Å²) in [5, 5.41) is 0. The van der Waals surface area contributed by atoms with E-state index in [0.717, 1.165) is 0 Å². The summed E-state index contributed by atoms with van der Waals surface area (Å²) in [4.78, 5) is 0. The van der Waals surface area contributed by atoms with Crippen molar-refractivity contribution < 1.29 is 25.9 Å². The normalized spacial score (nSPS) is 12.1. The van der Waals surface area contributed by atoms with Crippen molar-refractivity contribution in [2.24, 2.45) is 5.92 Å². The average Bonchev–Trinajstić information content (AvgIpc) is 1.49. The van der Waals surface area contributed by atoms with E-state index in [-0.39, 0.29) is 37.7 Å². The van der Waals surface area contributed by atoms with Gasteiger partial charge in [-0.05, 0) is 5.92 Å². The Kier molecular flexibility index (Phi) is 9.58. The van der Waals surface area contributed by atoms with Crippen molar-refractivity contribution in [3.63, 3.8) is 0 Å². The van der Waals surface area contributed by atoms with Crippen LogP contribution in [0, 0.1) is 5.92 Å². The van der Waals surface area contributed by atoms with Crippen LogP contribution < -0.4 is 0 Å². The molecule has 0 saturated carbocycles. The first kappa shape index (κ1) is 20.4. The second kappa shape index (κ2) is 6.57. The van der Waals surface area contributed by atoms with Crippen molar-refractivity contribution in [2.45, 2.75) is 18.4 Å². The molecule has 0 saturated heterocycles. The molecule has 6 nitrogen and oxygen atoms in total. The van der Waals surface area contributed by atoms with Crippen molar-refractivity contribution in [3.05, 3.63) is 0 Å². The van der Waals surface area contributed by atoms with E-state index in [1.807, 2.05) is 0 Å². The molecule has 0 aromatic carbocycles. The van der Waals surface area contributed by atoms with Crippen LogP contribution >= 0.6 is 0 Å². The van der Waals surface area contributed by atoms with Crippen LogP contribution in [0.15, 0.2) is 0 Å². The molecule has 0 aliphatic rings. The van der Waals surface area contributed by atoms with Crippen LogP contribution in [-0.2, 0) is 20.2 Å². The summed E-state index contributed by atoms with van der Waals surface area (Å²) in [6.07, 6.45) is 0. The predicted molar refractivity (Wildman–Crippen MR) is 56.0 cm³/mol. The van der Waals surface area contributed by atoms with E-state index in [1.165, 1.54) is 13.8 Å². The fourth-order valence-corrected chi connectivity index (χ4v) is 3.45. The van der Waals surface area contributed by atoms with Crippen LogP contribution in [0.5, 0.6) is 0 Å². The molecule has 0 fully saturated rings. The molecule has 0 amide bonds. The standard InChI is InChI=1S/C4H10O6S2.2Li.2H/c1-3(2)4(11(5,6)7)12(8,9)10;;;;/h3-4H,1-2H3,(H,5,6,7)(H,8,9,10);;;;. The summed E-state index contributed by atoms with van der Waals surface area (Å²) >= 11 is 0. The molecular formula is C4H12Li2O6S2. The first-order chi connectivity index (χ1) is 5.07. The fraction of sp³-hybridized carbons (Fsp3) is 1.00. The summed E-state index contributed by atoms with van der Waals surface area (Å²) in [7, 11) is -9.52. The van der Waals surface area contributed by atoms with Gasteiger partial charge in [-0.2, -0.15) is 16.8 Å². The molecule has 0 rings (SSSR count). The van der Waals surface area contributed by atoms with Crippen LogP contribution in [0.2, 0.25) is 0 Å². The monoisotopic (exact) mass is 234 g/mol. The van der Waals surface area contributed by atoms with E-state index in [2.05, 4.69) is 0 Å².